The van der Waals surface area contributed by atoms with Gasteiger partial charge in [0.15, 0.2) is 0 Å². The molecule has 0 unspecified atom stereocenters. The Labute approximate surface area is 195 Å². The van der Waals surface area contributed by atoms with E-state index in [1.807, 2.05) is 0 Å². The molecule has 2 aromatic rings. The first-order chi connectivity index (χ1) is 12.4. The predicted octanol–water partition coefficient (Wildman–Crippen LogP) is 0.225. The standard InChI is InChI=1S/C13H9.C11H17Si.2ClH.Zr/c1-3-7-12-10(5-1)9-11-6-2-4-8-13(11)12;1-11(2,3)9-6-7-10(8-9)12(4)5;;;/h1-9H;6,8H,1-5H3;2*1H;/q;;;;+2/p-2. The minimum Gasteiger partial charge on any atom is -1.00 e. The Hall–Kier alpha value is -0.530. The molecule has 0 radical (unpaired) electrons. The molecule has 0 heterocycles. The second kappa shape index (κ2) is 9.09. The summed E-state index contributed by atoms with van der Waals surface area (Å²) in [6.07, 6.45) is 5.11. The molecule has 28 heavy (non-hydrogen) atoms. The number of halogens is 2. The third-order valence-corrected chi connectivity index (χ3v) is 11.6. The van der Waals surface area contributed by atoms with E-state index in [1.165, 1.54) is 16.7 Å². The molecule has 0 saturated carbocycles. The molecule has 0 aliphatic heterocycles. The number of fused-ring (bicyclic) bond motifs is 3. The topological polar surface area (TPSA) is 0 Å². The van der Waals surface area contributed by atoms with Gasteiger partial charge in [-0.15, -0.1) is 0 Å². The van der Waals surface area contributed by atoms with Crippen molar-refractivity contribution < 1.29 is 48.0 Å². The van der Waals surface area contributed by atoms with Gasteiger partial charge >= 0.3 is 172 Å². The van der Waals surface area contributed by atoms with Gasteiger partial charge in [-0.05, 0) is 0 Å². The van der Waals surface area contributed by atoms with Gasteiger partial charge in [-0.25, -0.2) is 0 Å². The molecule has 0 atom stereocenters. The zero-order valence-electron chi connectivity index (χ0n) is 17.1. The Bertz CT molecular complexity index is 931. The minimum absolute atomic E-state index is 0. The molecule has 0 nitrogen and oxygen atoms in total. The van der Waals surface area contributed by atoms with Crippen LogP contribution in [0.25, 0.3) is 11.1 Å². The third-order valence-electron chi connectivity index (χ3n) is 5.43. The van der Waals surface area contributed by atoms with Crippen LogP contribution < -0.4 is 24.8 Å². The fourth-order valence-corrected chi connectivity index (χ4v) is 11.2. The van der Waals surface area contributed by atoms with Crippen LogP contribution in [0.5, 0.6) is 0 Å². The van der Waals surface area contributed by atoms with Crippen LogP contribution in [0.2, 0.25) is 13.1 Å². The maximum absolute atomic E-state index is 2.57. The van der Waals surface area contributed by atoms with Gasteiger partial charge < -0.3 is 24.8 Å². The van der Waals surface area contributed by atoms with Crippen molar-refractivity contribution in [3.63, 3.8) is 0 Å². The Morgan fingerprint density at radius 2 is 1.29 bits per heavy atom. The molecule has 0 spiro atoms. The second-order valence-corrected chi connectivity index (χ2v) is 14.6. The van der Waals surface area contributed by atoms with Crippen LogP contribution in [0.4, 0.5) is 0 Å². The van der Waals surface area contributed by atoms with Crippen molar-refractivity contribution in [1.29, 1.82) is 0 Å². The van der Waals surface area contributed by atoms with Crippen molar-refractivity contribution in [2.45, 2.75) is 37.5 Å². The van der Waals surface area contributed by atoms with E-state index >= 15 is 0 Å². The summed E-state index contributed by atoms with van der Waals surface area (Å²) in [6, 6.07) is 18.2. The monoisotopic (exact) mass is 502 g/mol. The fourth-order valence-electron chi connectivity index (χ4n) is 3.94. The molecular formula is C24H26Cl2SiZr. The van der Waals surface area contributed by atoms with Crippen molar-refractivity contribution >= 4 is 13.6 Å². The molecule has 144 valence electrons. The van der Waals surface area contributed by atoms with E-state index < -0.39 is 31.6 Å². The molecule has 4 rings (SSSR count). The van der Waals surface area contributed by atoms with E-state index in [2.05, 4.69) is 94.5 Å². The molecule has 2 aliphatic carbocycles. The molecule has 0 N–H and O–H groups in total. The predicted molar refractivity (Wildman–Crippen MR) is 112 cm³/mol. The van der Waals surface area contributed by atoms with Crippen molar-refractivity contribution in [1.82, 2.24) is 0 Å². The van der Waals surface area contributed by atoms with Gasteiger partial charge in [-0.1, -0.05) is 0 Å². The van der Waals surface area contributed by atoms with E-state index in [1.54, 1.807) is 19.6 Å². The van der Waals surface area contributed by atoms with Gasteiger partial charge in [-0.3, -0.25) is 0 Å². The van der Waals surface area contributed by atoms with Crippen LogP contribution in [-0.2, 0) is 23.2 Å². The minimum atomic E-state index is -0.784. The second-order valence-electron chi connectivity index (χ2n) is 8.57. The van der Waals surface area contributed by atoms with Crippen LogP contribution in [0.15, 0.2) is 69.5 Å². The molecule has 0 saturated heterocycles. The van der Waals surface area contributed by atoms with Gasteiger partial charge in [0, 0.05) is 0 Å². The quantitative estimate of drug-likeness (QED) is 0.514. The molecule has 0 bridgehead atoms. The first-order valence-corrected chi connectivity index (χ1v) is 14.6. The number of allylic oxidation sites excluding steroid dienone is 4. The number of hydrogen-bond acceptors (Lipinski definition) is 0. The van der Waals surface area contributed by atoms with E-state index in [0.29, 0.717) is 3.63 Å². The zero-order valence-corrected chi connectivity index (χ0v) is 22.1. The van der Waals surface area contributed by atoms with E-state index in [0.717, 1.165) is 0 Å². The first-order valence-electron chi connectivity index (χ1n) is 9.43. The molecule has 0 amide bonds. The summed E-state index contributed by atoms with van der Waals surface area (Å²) < 4.78 is 2.40. The van der Waals surface area contributed by atoms with E-state index in [4.69, 9.17) is 0 Å². The molecule has 0 fully saturated rings. The van der Waals surface area contributed by atoms with Crippen LogP contribution in [-0.4, -0.2) is 13.6 Å². The van der Waals surface area contributed by atoms with E-state index in [9.17, 15) is 0 Å². The van der Waals surface area contributed by atoms with Crippen molar-refractivity contribution in [3.05, 3.63) is 80.7 Å². The van der Waals surface area contributed by atoms with Gasteiger partial charge in [-0.2, -0.15) is 0 Å². The summed E-state index contributed by atoms with van der Waals surface area (Å²) in [7, 11) is -0.432. The normalized spacial score (nSPS) is 14.8. The summed E-state index contributed by atoms with van der Waals surface area (Å²) in [4.78, 5) is 0. The summed E-state index contributed by atoms with van der Waals surface area (Å²) in [5, 5.41) is 1.70. The van der Waals surface area contributed by atoms with Crippen LogP contribution in [0, 0.1) is 5.41 Å². The SMILES string of the molecule is C[Si](C)=C1C=C(C(C)(C)C)C=[C]1[Zr+2][CH]1c2ccccc2-c2ccccc21.[Cl-].[Cl-]. The average molecular weight is 505 g/mol. The van der Waals surface area contributed by atoms with Gasteiger partial charge in [0.05, 0.1) is 0 Å². The maximum Gasteiger partial charge on any atom is -1.00 e. The van der Waals surface area contributed by atoms with Crippen LogP contribution in [0.1, 0.15) is 35.5 Å². The Balaban J connectivity index is 0.00000140. The summed E-state index contributed by atoms with van der Waals surface area (Å²) in [5.41, 5.74) is 7.87. The number of hydrogen-bond donors (Lipinski definition) is 0. The Morgan fingerprint density at radius 1 is 0.786 bits per heavy atom. The van der Waals surface area contributed by atoms with Crippen LogP contribution in [0.3, 0.4) is 0 Å². The summed E-state index contributed by atoms with van der Waals surface area (Å²) in [6.45, 7) is 11.9. The van der Waals surface area contributed by atoms with Crippen molar-refractivity contribution in [2.24, 2.45) is 5.41 Å². The number of rotatable bonds is 2. The Kier molecular flexibility index (Phi) is 7.71. The molecule has 2 aliphatic rings. The fraction of sp³-hybridized carbons (Fsp3) is 0.292. The summed E-state index contributed by atoms with van der Waals surface area (Å²) in [5.74, 6) is 0. The molecular weight excluding hydrogens is 478 g/mol. The molecule has 2 aromatic carbocycles. The average Bonchev–Trinajstić information content (AvgIpc) is 3.16. The van der Waals surface area contributed by atoms with Gasteiger partial charge in [0.2, 0.25) is 0 Å². The zero-order chi connectivity index (χ0) is 18.5. The largest absolute Gasteiger partial charge is 1.00 e. The Morgan fingerprint density at radius 3 is 1.75 bits per heavy atom. The molecule has 4 heteroatoms. The van der Waals surface area contributed by atoms with Crippen LogP contribution >= 0.6 is 0 Å². The first kappa shape index (κ1) is 23.7. The number of benzene rings is 2. The van der Waals surface area contributed by atoms with Gasteiger partial charge in [0.1, 0.15) is 0 Å². The van der Waals surface area contributed by atoms with Crippen molar-refractivity contribution in [3.8, 4) is 11.1 Å². The molecule has 0 aromatic heterocycles. The van der Waals surface area contributed by atoms with E-state index in [-0.39, 0.29) is 30.2 Å². The maximum atomic E-state index is 2.57. The van der Waals surface area contributed by atoms with Gasteiger partial charge in [0.25, 0.3) is 0 Å². The smallest absolute Gasteiger partial charge is 1.00 e. The van der Waals surface area contributed by atoms with Crippen molar-refractivity contribution in [2.75, 3.05) is 0 Å². The summed E-state index contributed by atoms with van der Waals surface area (Å²) >= 11 is -0.784. The third kappa shape index (κ3) is 4.31.